The van der Waals surface area contributed by atoms with E-state index in [0.717, 1.165) is 0 Å². The summed E-state index contributed by atoms with van der Waals surface area (Å²) in [6.07, 6.45) is 2.23. The molecule has 1 aromatic rings. The molecule has 1 aromatic heterocycles. The van der Waals surface area contributed by atoms with Gasteiger partial charge < -0.3 is 15.2 Å². The van der Waals surface area contributed by atoms with Crippen molar-refractivity contribution in [1.82, 2.24) is 15.1 Å². The second kappa shape index (κ2) is 3.51. The Balaban J connectivity index is 2.40. The van der Waals surface area contributed by atoms with Gasteiger partial charge in [-0.3, -0.25) is 4.68 Å². The molecule has 1 aliphatic heterocycles. The van der Waals surface area contributed by atoms with Crippen molar-refractivity contribution in [3.05, 3.63) is 18.0 Å². The van der Waals surface area contributed by atoms with E-state index in [4.69, 9.17) is 9.84 Å². The summed E-state index contributed by atoms with van der Waals surface area (Å²) < 4.78 is 6.43. The van der Waals surface area contributed by atoms with Crippen molar-refractivity contribution in [2.24, 2.45) is 0 Å². The summed E-state index contributed by atoms with van der Waals surface area (Å²) >= 11 is 0. The Morgan fingerprint density at radius 2 is 2.56 bits per heavy atom. The van der Waals surface area contributed by atoms with Crippen LogP contribution in [0.4, 0.5) is 4.79 Å². The first kappa shape index (κ1) is 10.5. The highest BCUT2D eigenvalue weighted by Crippen LogP contribution is 2.29. The topological polar surface area (TPSA) is 93.5 Å². The number of amides is 1. The zero-order chi connectivity index (χ0) is 11.8. The molecular weight excluding hydrogens is 214 g/mol. The van der Waals surface area contributed by atoms with Gasteiger partial charge in [-0.1, -0.05) is 0 Å². The highest BCUT2D eigenvalue weighted by molar-refractivity contribution is 5.86. The largest absolute Gasteiger partial charge is 0.478 e. The predicted octanol–water partition coefficient (Wildman–Crippen LogP) is -0.0773. The summed E-state index contributed by atoms with van der Waals surface area (Å²) in [4.78, 5) is 22.2. The third-order valence-corrected chi connectivity index (χ3v) is 2.52. The molecule has 0 spiro atoms. The van der Waals surface area contributed by atoms with Gasteiger partial charge in [0.15, 0.2) is 0 Å². The lowest BCUT2D eigenvalue weighted by Gasteiger charge is -2.19. The van der Waals surface area contributed by atoms with Crippen molar-refractivity contribution in [3.63, 3.8) is 0 Å². The van der Waals surface area contributed by atoms with Crippen LogP contribution in [-0.4, -0.2) is 33.5 Å². The third kappa shape index (κ3) is 1.40. The predicted molar refractivity (Wildman–Crippen MR) is 51.7 cm³/mol. The van der Waals surface area contributed by atoms with E-state index in [1.54, 1.807) is 10.9 Å². The van der Waals surface area contributed by atoms with Crippen molar-refractivity contribution in [2.75, 3.05) is 6.54 Å². The van der Waals surface area contributed by atoms with Crippen LogP contribution in [0, 0.1) is 0 Å². The molecule has 2 N–H and O–H groups in total. The summed E-state index contributed by atoms with van der Waals surface area (Å²) in [7, 11) is 0. The van der Waals surface area contributed by atoms with Gasteiger partial charge in [0.1, 0.15) is 0 Å². The summed E-state index contributed by atoms with van der Waals surface area (Å²) in [5, 5.41) is 15.5. The van der Waals surface area contributed by atoms with Crippen LogP contribution >= 0.6 is 0 Å². The number of hydrogen-bond acceptors (Lipinski definition) is 4. The minimum absolute atomic E-state index is 0.0867. The first-order valence-electron chi connectivity index (χ1n) is 4.81. The number of aromatic nitrogens is 2. The van der Waals surface area contributed by atoms with Crippen LogP contribution < -0.4 is 5.32 Å². The average Bonchev–Trinajstić information content (AvgIpc) is 2.84. The number of carbonyl (C=O) groups excluding carboxylic acids is 1. The number of ether oxygens (including phenoxy) is 1. The van der Waals surface area contributed by atoms with Crippen molar-refractivity contribution in [1.29, 1.82) is 0 Å². The molecule has 1 unspecified atom stereocenters. The number of aliphatic carboxylic acids is 1. The number of alkyl carbamates (subject to hydrolysis) is 1. The van der Waals surface area contributed by atoms with Gasteiger partial charge in [-0.2, -0.15) is 5.10 Å². The fourth-order valence-corrected chi connectivity index (χ4v) is 1.58. The number of carboxylic acid groups (broad SMARTS) is 1. The number of carbonyl (C=O) groups is 2. The summed E-state index contributed by atoms with van der Waals surface area (Å²) in [5.74, 6) is -1.21. The second-order valence-corrected chi connectivity index (χ2v) is 3.46. The zero-order valence-corrected chi connectivity index (χ0v) is 8.64. The first-order chi connectivity index (χ1) is 7.58. The van der Waals surface area contributed by atoms with Crippen LogP contribution in [0.25, 0.3) is 0 Å². The molecule has 0 aliphatic carbocycles. The fourth-order valence-electron chi connectivity index (χ4n) is 1.58. The fraction of sp³-hybridized carbons (Fsp3) is 0.444. The quantitative estimate of drug-likeness (QED) is 0.750. The summed E-state index contributed by atoms with van der Waals surface area (Å²) in [5.41, 5.74) is -1.29. The number of nitrogens with zero attached hydrogens (tertiary/aromatic N) is 2. The van der Waals surface area contributed by atoms with E-state index in [1.165, 1.54) is 6.20 Å². The smallest absolute Gasteiger partial charge is 0.408 e. The molecule has 0 radical (unpaired) electrons. The van der Waals surface area contributed by atoms with Crippen molar-refractivity contribution < 1.29 is 19.4 Å². The molecule has 1 saturated heterocycles. The van der Waals surface area contributed by atoms with E-state index in [0.29, 0.717) is 12.1 Å². The number of nitrogens with one attached hydrogen (secondary N) is 1. The molecule has 1 aliphatic rings. The van der Waals surface area contributed by atoms with Crippen LogP contribution in [0.15, 0.2) is 12.4 Å². The molecule has 2 rings (SSSR count). The average molecular weight is 225 g/mol. The van der Waals surface area contributed by atoms with Crippen molar-refractivity contribution >= 4 is 12.1 Å². The molecule has 2 heterocycles. The molecule has 1 atom stereocenters. The number of rotatable bonds is 3. The SMILES string of the molecule is CCn1cc(C2(C(=O)O)CNC(=O)O2)cn1. The van der Waals surface area contributed by atoms with E-state index >= 15 is 0 Å². The molecule has 86 valence electrons. The van der Waals surface area contributed by atoms with E-state index in [9.17, 15) is 9.59 Å². The highest BCUT2D eigenvalue weighted by atomic mass is 16.6. The van der Waals surface area contributed by atoms with Gasteiger partial charge in [0.25, 0.3) is 5.60 Å². The van der Waals surface area contributed by atoms with E-state index < -0.39 is 17.7 Å². The lowest BCUT2D eigenvalue weighted by molar-refractivity contribution is -0.155. The van der Waals surface area contributed by atoms with E-state index in [2.05, 4.69) is 10.4 Å². The van der Waals surface area contributed by atoms with Gasteiger partial charge in [-0.25, -0.2) is 9.59 Å². The Bertz CT molecular complexity index is 442. The minimum Gasteiger partial charge on any atom is -0.478 e. The van der Waals surface area contributed by atoms with Crippen LogP contribution in [0.5, 0.6) is 0 Å². The van der Waals surface area contributed by atoms with E-state index in [-0.39, 0.29) is 6.54 Å². The number of aryl methyl sites for hydroxylation is 1. The Hall–Kier alpha value is -2.05. The number of hydrogen-bond donors (Lipinski definition) is 2. The normalized spacial score (nSPS) is 23.9. The third-order valence-electron chi connectivity index (χ3n) is 2.52. The molecule has 7 heteroatoms. The Labute approximate surface area is 91.0 Å². The molecule has 16 heavy (non-hydrogen) atoms. The first-order valence-corrected chi connectivity index (χ1v) is 4.81. The van der Waals surface area contributed by atoms with Crippen LogP contribution in [0.1, 0.15) is 12.5 Å². The zero-order valence-electron chi connectivity index (χ0n) is 8.64. The lowest BCUT2D eigenvalue weighted by Crippen LogP contribution is -2.39. The Morgan fingerprint density at radius 1 is 1.81 bits per heavy atom. The van der Waals surface area contributed by atoms with Crippen LogP contribution in [0.3, 0.4) is 0 Å². The van der Waals surface area contributed by atoms with Gasteiger partial charge in [0.2, 0.25) is 0 Å². The molecule has 0 aromatic carbocycles. The van der Waals surface area contributed by atoms with Gasteiger partial charge >= 0.3 is 12.1 Å². The maximum atomic E-state index is 11.2. The van der Waals surface area contributed by atoms with Crippen molar-refractivity contribution in [2.45, 2.75) is 19.1 Å². The molecule has 1 amide bonds. The monoisotopic (exact) mass is 225 g/mol. The Morgan fingerprint density at radius 3 is 3.00 bits per heavy atom. The summed E-state index contributed by atoms with van der Waals surface area (Å²) in [6.45, 7) is 2.41. The summed E-state index contributed by atoms with van der Waals surface area (Å²) in [6, 6.07) is 0. The molecular formula is C9H11N3O4. The highest BCUT2D eigenvalue weighted by Gasteiger charge is 2.50. The molecule has 7 nitrogen and oxygen atoms in total. The van der Waals surface area contributed by atoms with Gasteiger partial charge in [0, 0.05) is 18.3 Å². The maximum absolute atomic E-state index is 11.2. The van der Waals surface area contributed by atoms with Gasteiger partial charge in [0.05, 0.1) is 12.7 Å². The lowest BCUT2D eigenvalue weighted by atomic mass is 9.98. The maximum Gasteiger partial charge on any atom is 0.408 e. The number of carboxylic acids is 1. The second-order valence-electron chi connectivity index (χ2n) is 3.46. The van der Waals surface area contributed by atoms with Crippen LogP contribution in [0.2, 0.25) is 0 Å². The van der Waals surface area contributed by atoms with E-state index in [1.807, 2.05) is 6.92 Å². The molecule has 0 saturated carbocycles. The van der Waals surface area contributed by atoms with Crippen molar-refractivity contribution in [3.8, 4) is 0 Å². The number of cyclic esters (lactones) is 1. The van der Waals surface area contributed by atoms with Crippen LogP contribution in [-0.2, 0) is 21.7 Å². The van der Waals surface area contributed by atoms with Gasteiger partial charge in [-0.15, -0.1) is 0 Å². The molecule has 1 fully saturated rings. The van der Waals surface area contributed by atoms with Gasteiger partial charge in [-0.05, 0) is 6.92 Å². The molecule has 0 bridgehead atoms. The standard InChI is InChI=1S/C9H11N3O4/c1-2-12-4-6(3-11-12)9(7(13)14)5-10-8(15)16-9/h3-4H,2,5H2,1H3,(H,10,15)(H,13,14). The minimum atomic E-state index is -1.65. The Kier molecular flexibility index (Phi) is 2.30.